The molecule has 18 heavy (non-hydrogen) atoms. The Labute approximate surface area is 113 Å². The van der Waals surface area contributed by atoms with Crippen molar-refractivity contribution in [3.8, 4) is 0 Å². The molecule has 0 bridgehead atoms. The monoisotopic (exact) mass is 266 g/mol. The van der Waals surface area contributed by atoms with Crippen molar-refractivity contribution < 1.29 is 4.79 Å². The molecule has 1 aliphatic rings. The van der Waals surface area contributed by atoms with E-state index in [1.807, 2.05) is 6.07 Å². The van der Waals surface area contributed by atoms with E-state index in [9.17, 15) is 4.79 Å². The summed E-state index contributed by atoms with van der Waals surface area (Å²) in [6.45, 7) is 3.59. The molecule has 1 fully saturated rings. The van der Waals surface area contributed by atoms with Gasteiger partial charge < -0.3 is 10.6 Å². The minimum absolute atomic E-state index is 0.113. The summed E-state index contributed by atoms with van der Waals surface area (Å²) < 4.78 is 0. The van der Waals surface area contributed by atoms with Gasteiger partial charge in [0.15, 0.2) is 0 Å². The van der Waals surface area contributed by atoms with Crippen molar-refractivity contribution in [3.05, 3.63) is 22.4 Å². The van der Waals surface area contributed by atoms with Gasteiger partial charge in [-0.2, -0.15) is 0 Å². The normalized spacial score (nSPS) is 16.5. The number of carbonyl (C=O) groups excluding carboxylic acids is 1. The first kappa shape index (κ1) is 13.6. The number of amides is 1. The molecule has 4 heteroatoms. The van der Waals surface area contributed by atoms with Crippen molar-refractivity contribution in [1.82, 2.24) is 10.6 Å². The van der Waals surface area contributed by atoms with E-state index in [1.54, 1.807) is 11.3 Å². The molecule has 0 saturated heterocycles. The summed E-state index contributed by atoms with van der Waals surface area (Å²) in [6.07, 6.45) is 4.73. The average molecular weight is 266 g/mol. The lowest BCUT2D eigenvalue weighted by Crippen LogP contribution is -2.36. The second-order valence-corrected chi connectivity index (χ2v) is 5.98. The Morgan fingerprint density at radius 3 is 3.00 bits per heavy atom. The average Bonchev–Trinajstić information content (AvgIpc) is 3.01. The van der Waals surface area contributed by atoms with Crippen molar-refractivity contribution >= 4 is 17.2 Å². The Morgan fingerprint density at radius 2 is 2.39 bits per heavy atom. The molecule has 0 spiro atoms. The third-order valence-electron chi connectivity index (χ3n) is 3.21. The van der Waals surface area contributed by atoms with E-state index in [0.717, 1.165) is 25.3 Å². The molecule has 1 saturated carbocycles. The Kier molecular flexibility index (Phi) is 5.20. The van der Waals surface area contributed by atoms with E-state index in [1.165, 1.54) is 17.7 Å². The smallest absolute Gasteiger partial charge is 0.234 e. The molecule has 1 heterocycles. The summed E-state index contributed by atoms with van der Waals surface area (Å²) in [6, 6.07) is 4.33. The SMILES string of the molecule is CCCC(NC(=O)CNCC1CC1)c1cccs1. The fraction of sp³-hybridized carbons (Fsp3) is 0.643. The summed E-state index contributed by atoms with van der Waals surface area (Å²) >= 11 is 1.72. The third kappa shape index (κ3) is 4.42. The van der Waals surface area contributed by atoms with Crippen LogP contribution in [0, 0.1) is 5.92 Å². The molecule has 1 amide bonds. The summed E-state index contributed by atoms with van der Waals surface area (Å²) in [5.74, 6) is 0.934. The lowest BCUT2D eigenvalue weighted by Gasteiger charge is -2.17. The van der Waals surface area contributed by atoms with Gasteiger partial charge in [-0.05, 0) is 43.2 Å². The summed E-state index contributed by atoms with van der Waals surface area (Å²) in [5.41, 5.74) is 0. The molecule has 1 atom stereocenters. The van der Waals surface area contributed by atoms with Crippen LogP contribution in [0.15, 0.2) is 17.5 Å². The van der Waals surface area contributed by atoms with Crippen molar-refractivity contribution in [2.24, 2.45) is 5.92 Å². The van der Waals surface area contributed by atoms with E-state index in [0.29, 0.717) is 6.54 Å². The zero-order valence-electron chi connectivity index (χ0n) is 10.9. The van der Waals surface area contributed by atoms with Crippen LogP contribution in [0.3, 0.4) is 0 Å². The topological polar surface area (TPSA) is 41.1 Å². The molecule has 0 radical (unpaired) electrons. The van der Waals surface area contributed by atoms with Crippen LogP contribution in [0.25, 0.3) is 0 Å². The zero-order chi connectivity index (χ0) is 12.8. The number of hydrogen-bond acceptors (Lipinski definition) is 3. The van der Waals surface area contributed by atoms with Crippen LogP contribution in [0.4, 0.5) is 0 Å². The van der Waals surface area contributed by atoms with Crippen LogP contribution in [-0.2, 0) is 4.79 Å². The minimum Gasteiger partial charge on any atom is -0.347 e. The van der Waals surface area contributed by atoms with Crippen LogP contribution < -0.4 is 10.6 Å². The van der Waals surface area contributed by atoms with Gasteiger partial charge in [-0.15, -0.1) is 11.3 Å². The second-order valence-electron chi connectivity index (χ2n) is 5.00. The Bertz CT molecular complexity index is 360. The van der Waals surface area contributed by atoms with Crippen LogP contribution >= 0.6 is 11.3 Å². The molecule has 1 aliphatic carbocycles. The number of hydrogen-bond donors (Lipinski definition) is 2. The van der Waals surface area contributed by atoms with Gasteiger partial charge in [0.25, 0.3) is 0 Å². The number of thiophene rings is 1. The molecule has 1 aromatic heterocycles. The van der Waals surface area contributed by atoms with Crippen LogP contribution in [-0.4, -0.2) is 19.0 Å². The molecule has 3 nitrogen and oxygen atoms in total. The highest BCUT2D eigenvalue weighted by Crippen LogP contribution is 2.27. The number of rotatable bonds is 8. The maximum absolute atomic E-state index is 11.9. The largest absolute Gasteiger partial charge is 0.347 e. The lowest BCUT2D eigenvalue weighted by atomic mass is 10.1. The summed E-state index contributed by atoms with van der Waals surface area (Å²) in [4.78, 5) is 13.1. The van der Waals surface area contributed by atoms with Crippen molar-refractivity contribution in [2.45, 2.75) is 38.6 Å². The van der Waals surface area contributed by atoms with E-state index < -0.39 is 0 Å². The van der Waals surface area contributed by atoms with Gasteiger partial charge in [-0.1, -0.05) is 19.4 Å². The minimum atomic E-state index is 0.113. The first-order valence-electron chi connectivity index (χ1n) is 6.83. The molecule has 0 aromatic carbocycles. The van der Waals surface area contributed by atoms with Gasteiger partial charge in [-0.25, -0.2) is 0 Å². The molecular formula is C14H22N2OS. The van der Waals surface area contributed by atoms with Crippen LogP contribution in [0.1, 0.15) is 43.5 Å². The van der Waals surface area contributed by atoms with Gasteiger partial charge in [0, 0.05) is 4.88 Å². The molecular weight excluding hydrogens is 244 g/mol. The Morgan fingerprint density at radius 1 is 1.56 bits per heavy atom. The number of nitrogens with one attached hydrogen (secondary N) is 2. The predicted octanol–water partition coefficient (Wildman–Crippen LogP) is 2.71. The molecule has 100 valence electrons. The van der Waals surface area contributed by atoms with Crippen molar-refractivity contribution in [1.29, 1.82) is 0 Å². The zero-order valence-corrected chi connectivity index (χ0v) is 11.8. The third-order valence-corrected chi connectivity index (χ3v) is 4.20. The molecule has 2 rings (SSSR count). The quantitative estimate of drug-likeness (QED) is 0.759. The first-order chi connectivity index (χ1) is 8.79. The molecule has 0 aliphatic heterocycles. The highest BCUT2D eigenvalue weighted by Gasteiger charge is 2.21. The standard InChI is InChI=1S/C14H22N2OS/c1-2-4-12(13-5-3-8-18-13)16-14(17)10-15-9-11-6-7-11/h3,5,8,11-12,15H,2,4,6-7,9-10H2,1H3,(H,16,17). The fourth-order valence-corrected chi connectivity index (χ4v) is 2.83. The highest BCUT2D eigenvalue weighted by molar-refractivity contribution is 7.10. The van der Waals surface area contributed by atoms with Crippen molar-refractivity contribution in [2.75, 3.05) is 13.1 Å². The Balaban J connectivity index is 1.74. The molecule has 1 aromatic rings. The van der Waals surface area contributed by atoms with Gasteiger partial charge >= 0.3 is 0 Å². The van der Waals surface area contributed by atoms with Gasteiger partial charge in [-0.3, -0.25) is 4.79 Å². The molecule has 2 N–H and O–H groups in total. The molecule has 1 unspecified atom stereocenters. The van der Waals surface area contributed by atoms with Crippen LogP contribution in [0.5, 0.6) is 0 Å². The van der Waals surface area contributed by atoms with Gasteiger partial charge in [0.2, 0.25) is 5.91 Å². The maximum atomic E-state index is 11.9. The summed E-state index contributed by atoms with van der Waals surface area (Å²) in [5, 5.41) is 8.42. The maximum Gasteiger partial charge on any atom is 0.234 e. The van der Waals surface area contributed by atoms with Crippen molar-refractivity contribution in [3.63, 3.8) is 0 Å². The predicted molar refractivity (Wildman–Crippen MR) is 75.7 cm³/mol. The van der Waals surface area contributed by atoms with Crippen LogP contribution in [0.2, 0.25) is 0 Å². The second kappa shape index (κ2) is 6.90. The number of carbonyl (C=O) groups is 1. The van der Waals surface area contributed by atoms with E-state index in [-0.39, 0.29) is 11.9 Å². The van der Waals surface area contributed by atoms with E-state index in [2.05, 4.69) is 29.0 Å². The van der Waals surface area contributed by atoms with E-state index >= 15 is 0 Å². The van der Waals surface area contributed by atoms with Gasteiger partial charge in [0.1, 0.15) is 0 Å². The lowest BCUT2D eigenvalue weighted by molar-refractivity contribution is -0.121. The van der Waals surface area contributed by atoms with E-state index in [4.69, 9.17) is 0 Å². The fourth-order valence-electron chi connectivity index (χ4n) is 2.02. The first-order valence-corrected chi connectivity index (χ1v) is 7.71. The van der Waals surface area contributed by atoms with Gasteiger partial charge in [0.05, 0.1) is 12.6 Å². The highest BCUT2D eigenvalue weighted by atomic mass is 32.1. The Hall–Kier alpha value is -0.870. The summed E-state index contributed by atoms with van der Waals surface area (Å²) in [7, 11) is 0.